The largest absolute Gasteiger partial charge is 0.345 e. The normalized spacial score (nSPS) is 17.4. The first-order valence-corrected chi connectivity index (χ1v) is 7.74. The summed E-state index contributed by atoms with van der Waals surface area (Å²) in [5.74, 6) is -1.07. The first-order valence-electron chi connectivity index (χ1n) is 6.30. The average Bonchev–Trinajstić information content (AvgIpc) is 2.62. The highest BCUT2D eigenvalue weighted by Gasteiger charge is 2.30. The average molecular weight is 311 g/mol. The van der Waals surface area contributed by atoms with Gasteiger partial charge in [-0.05, 0) is 24.6 Å². The topological polar surface area (TPSA) is 81.5 Å². The van der Waals surface area contributed by atoms with E-state index in [0.29, 0.717) is 13.0 Å². The number of halogens is 1. The van der Waals surface area contributed by atoms with Gasteiger partial charge in [0.1, 0.15) is 11.9 Å². The Morgan fingerprint density at radius 1 is 1.33 bits per heavy atom. The van der Waals surface area contributed by atoms with Crippen LogP contribution in [0.25, 0.3) is 0 Å². The summed E-state index contributed by atoms with van der Waals surface area (Å²) in [6, 6.07) is 4.64. The Bertz CT molecular complexity index is 712. The van der Waals surface area contributed by atoms with Gasteiger partial charge in [-0.15, -0.1) is 0 Å². The summed E-state index contributed by atoms with van der Waals surface area (Å²) in [4.78, 5) is 13.1. The summed E-state index contributed by atoms with van der Waals surface area (Å²) >= 11 is 0. The van der Waals surface area contributed by atoms with E-state index in [2.05, 4.69) is 0 Å². The molecule has 1 fully saturated rings. The number of nitriles is 1. The van der Waals surface area contributed by atoms with E-state index >= 15 is 0 Å². The lowest BCUT2D eigenvalue weighted by molar-refractivity contribution is -0.129. The van der Waals surface area contributed by atoms with Crippen LogP contribution in [-0.4, -0.2) is 50.2 Å². The third-order valence-electron chi connectivity index (χ3n) is 3.33. The monoisotopic (exact) mass is 311 g/mol. The maximum atomic E-state index is 13.3. The van der Waals surface area contributed by atoms with Crippen molar-refractivity contribution >= 4 is 15.9 Å². The fraction of sp³-hybridized carbons (Fsp3) is 0.385. The molecule has 0 unspecified atom stereocenters. The van der Waals surface area contributed by atoms with Crippen LogP contribution in [0.5, 0.6) is 0 Å². The molecule has 0 radical (unpaired) electrons. The maximum absolute atomic E-state index is 13.3. The highest BCUT2D eigenvalue weighted by atomic mass is 32.2. The molecule has 1 aliphatic heterocycles. The molecule has 0 atom stereocenters. The van der Waals surface area contributed by atoms with Gasteiger partial charge in [-0.25, -0.2) is 12.8 Å². The van der Waals surface area contributed by atoms with Crippen molar-refractivity contribution in [1.29, 1.82) is 5.26 Å². The van der Waals surface area contributed by atoms with E-state index in [-0.39, 0.29) is 29.5 Å². The molecule has 0 aromatic heterocycles. The summed E-state index contributed by atoms with van der Waals surface area (Å²) in [5.41, 5.74) is -0.339. The van der Waals surface area contributed by atoms with Crippen molar-refractivity contribution in [1.82, 2.24) is 9.21 Å². The van der Waals surface area contributed by atoms with E-state index < -0.39 is 15.8 Å². The summed E-state index contributed by atoms with van der Waals surface area (Å²) < 4.78 is 39.3. The van der Waals surface area contributed by atoms with Gasteiger partial charge in [-0.1, -0.05) is 0 Å². The van der Waals surface area contributed by atoms with Crippen LogP contribution in [0.3, 0.4) is 0 Å². The molecule has 0 bridgehead atoms. The number of carbonyl (C=O) groups is 1. The van der Waals surface area contributed by atoms with Crippen LogP contribution >= 0.6 is 0 Å². The molecule has 112 valence electrons. The van der Waals surface area contributed by atoms with Gasteiger partial charge in [0.2, 0.25) is 15.9 Å². The molecule has 1 amide bonds. The van der Waals surface area contributed by atoms with Crippen LogP contribution < -0.4 is 0 Å². The Hall–Kier alpha value is -1.98. The minimum atomic E-state index is -3.92. The number of hydrogen-bond donors (Lipinski definition) is 0. The van der Waals surface area contributed by atoms with E-state index in [4.69, 9.17) is 5.26 Å². The van der Waals surface area contributed by atoms with Crippen LogP contribution in [-0.2, 0) is 14.8 Å². The number of rotatable bonds is 2. The Morgan fingerprint density at radius 2 is 2.05 bits per heavy atom. The van der Waals surface area contributed by atoms with Gasteiger partial charge < -0.3 is 4.90 Å². The molecule has 1 heterocycles. The molecule has 0 N–H and O–H groups in total. The molecule has 1 aromatic carbocycles. The van der Waals surface area contributed by atoms with E-state index in [1.54, 1.807) is 13.1 Å². The molecule has 0 spiro atoms. The van der Waals surface area contributed by atoms with Crippen molar-refractivity contribution < 1.29 is 17.6 Å². The molecule has 1 aromatic rings. The van der Waals surface area contributed by atoms with Gasteiger partial charge in [-0.3, -0.25) is 4.79 Å². The van der Waals surface area contributed by atoms with Crippen LogP contribution in [0.2, 0.25) is 0 Å². The van der Waals surface area contributed by atoms with Gasteiger partial charge in [-0.2, -0.15) is 9.57 Å². The molecule has 0 saturated carbocycles. The van der Waals surface area contributed by atoms with Crippen LogP contribution in [0.1, 0.15) is 12.0 Å². The summed E-state index contributed by atoms with van der Waals surface area (Å²) in [5, 5.41) is 8.78. The maximum Gasteiger partial charge on any atom is 0.243 e. The SMILES string of the molecule is CN1CCCN(S(=O)(=O)c2ccc(F)c(C#N)c2)CC1=O. The molecule has 1 aliphatic rings. The molecular formula is C13H14FN3O3S. The molecule has 21 heavy (non-hydrogen) atoms. The zero-order valence-electron chi connectivity index (χ0n) is 11.4. The number of likely N-dealkylation sites (N-methyl/N-ethyl adjacent to an activating group) is 1. The minimum absolute atomic E-state index is 0.183. The van der Waals surface area contributed by atoms with Gasteiger partial charge in [0.25, 0.3) is 0 Å². The molecule has 0 aliphatic carbocycles. The first kappa shape index (κ1) is 15.4. The molecule has 8 heteroatoms. The van der Waals surface area contributed by atoms with Crippen LogP contribution in [0.4, 0.5) is 4.39 Å². The van der Waals surface area contributed by atoms with E-state index in [0.717, 1.165) is 22.5 Å². The summed E-state index contributed by atoms with van der Waals surface area (Å²) in [7, 11) is -2.31. The predicted octanol–water partition coefficient (Wildman–Crippen LogP) is 0.550. The minimum Gasteiger partial charge on any atom is -0.345 e. The van der Waals surface area contributed by atoms with Crippen molar-refractivity contribution in [3.63, 3.8) is 0 Å². The quantitative estimate of drug-likeness (QED) is 0.799. The highest BCUT2D eigenvalue weighted by Crippen LogP contribution is 2.20. The summed E-state index contributed by atoms with van der Waals surface area (Å²) in [6.45, 7) is 0.438. The van der Waals surface area contributed by atoms with Gasteiger partial charge in [0.05, 0.1) is 17.0 Å². The van der Waals surface area contributed by atoms with Crippen LogP contribution in [0.15, 0.2) is 23.1 Å². The summed E-state index contributed by atoms with van der Waals surface area (Å²) in [6.07, 6.45) is 0.522. The number of nitrogens with zero attached hydrogens (tertiary/aromatic N) is 3. The van der Waals surface area contributed by atoms with E-state index in [9.17, 15) is 17.6 Å². The Morgan fingerprint density at radius 3 is 2.71 bits per heavy atom. The van der Waals surface area contributed by atoms with Crippen molar-refractivity contribution in [2.45, 2.75) is 11.3 Å². The zero-order chi connectivity index (χ0) is 15.6. The van der Waals surface area contributed by atoms with Crippen molar-refractivity contribution in [3.05, 3.63) is 29.6 Å². The Kier molecular flexibility index (Phi) is 4.25. The second kappa shape index (κ2) is 5.79. The lowest BCUT2D eigenvalue weighted by Crippen LogP contribution is -2.38. The van der Waals surface area contributed by atoms with Gasteiger partial charge >= 0.3 is 0 Å². The number of sulfonamides is 1. The third kappa shape index (κ3) is 3.04. The standard InChI is InChI=1S/C13H14FN3O3S/c1-16-5-2-6-17(9-13(16)18)21(19,20)11-3-4-12(14)10(7-11)8-15/h3-4,7H,2,5-6,9H2,1H3. The zero-order valence-corrected chi connectivity index (χ0v) is 12.2. The van der Waals surface area contributed by atoms with Gasteiger partial charge in [0, 0.05) is 20.1 Å². The first-order chi connectivity index (χ1) is 9.86. The van der Waals surface area contributed by atoms with Crippen molar-refractivity contribution in [3.8, 4) is 6.07 Å². The van der Waals surface area contributed by atoms with E-state index in [1.807, 2.05) is 0 Å². The Labute approximate surface area is 122 Å². The van der Waals surface area contributed by atoms with Gasteiger partial charge in [0.15, 0.2) is 0 Å². The van der Waals surface area contributed by atoms with E-state index in [1.165, 1.54) is 4.90 Å². The van der Waals surface area contributed by atoms with Crippen LogP contribution in [0, 0.1) is 17.1 Å². The molecule has 6 nitrogen and oxygen atoms in total. The van der Waals surface area contributed by atoms with Crippen molar-refractivity contribution in [2.24, 2.45) is 0 Å². The fourth-order valence-electron chi connectivity index (χ4n) is 2.06. The number of benzene rings is 1. The molecule has 1 saturated heterocycles. The lowest BCUT2D eigenvalue weighted by Gasteiger charge is -2.19. The second-order valence-electron chi connectivity index (χ2n) is 4.76. The third-order valence-corrected chi connectivity index (χ3v) is 5.18. The smallest absolute Gasteiger partial charge is 0.243 e. The number of carbonyl (C=O) groups excluding carboxylic acids is 1. The lowest BCUT2D eigenvalue weighted by atomic mass is 10.2. The number of hydrogen-bond acceptors (Lipinski definition) is 4. The predicted molar refractivity (Wildman–Crippen MR) is 72.1 cm³/mol. The van der Waals surface area contributed by atoms with Crippen molar-refractivity contribution in [2.75, 3.05) is 26.7 Å². The number of amides is 1. The fourth-order valence-corrected chi connectivity index (χ4v) is 3.52. The second-order valence-corrected chi connectivity index (χ2v) is 6.70. The molecular weight excluding hydrogens is 297 g/mol. The highest BCUT2D eigenvalue weighted by molar-refractivity contribution is 7.89. The Balaban J connectivity index is 2.38. The molecule has 2 rings (SSSR count).